The lowest BCUT2D eigenvalue weighted by molar-refractivity contribution is 0.302. The first kappa shape index (κ1) is 8.02. The minimum Gasteiger partial charge on any atom is -0.315 e. The highest BCUT2D eigenvalue weighted by Crippen LogP contribution is 2.12. The average Bonchev–Trinajstić information content (AvgIpc) is 2.31. The lowest BCUT2D eigenvalue weighted by atomic mass is 10.2. The predicted molar refractivity (Wildman–Crippen MR) is 44.2 cm³/mol. The fourth-order valence-electron chi connectivity index (χ4n) is 1.55. The van der Waals surface area contributed by atoms with Crippen LogP contribution in [-0.2, 0) is 0 Å². The third-order valence-corrected chi connectivity index (χ3v) is 2.30. The Morgan fingerprint density at radius 3 is 2.90 bits per heavy atom. The zero-order valence-electron chi connectivity index (χ0n) is 7.06. The number of hydrogen-bond acceptors (Lipinski definition) is 2. The molecule has 0 aromatic rings. The molecular formula is C8H18N2. The van der Waals surface area contributed by atoms with Gasteiger partial charge in [-0.05, 0) is 33.0 Å². The highest BCUT2D eigenvalue weighted by atomic mass is 15.2. The summed E-state index contributed by atoms with van der Waals surface area (Å²) in [6.45, 7) is 5.72. The van der Waals surface area contributed by atoms with Crippen molar-refractivity contribution in [3.63, 3.8) is 0 Å². The third-order valence-electron chi connectivity index (χ3n) is 2.30. The summed E-state index contributed by atoms with van der Waals surface area (Å²) >= 11 is 0. The smallest absolute Gasteiger partial charge is 0.0218 e. The van der Waals surface area contributed by atoms with E-state index in [1.54, 1.807) is 0 Å². The number of rotatable bonds is 3. The number of hydrogen-bond donors (Lipinski definition) is 1. The topological polar surface area (TPSA) is 15.3 Å². The summed E-state index contributed by atoms with van der Waals surface area (Å²) in [6.07, 6.45) is 2.76. The molecule has 0 unspecified atom stereocenters. The van der Waals surface area contributed by atoms with Crippen LogP contribution in [0.5, 0.6) is 0 Å². The van der Waals surface area contributed by atoms with E-state index in [2.05, 4.69) is 24.2 Å². The minimum atomic E-state index is 0.806. The quantitative estimate of drug-likeness (QED) is 0.623. The zero-order chi connectivity index (χ0) is 7.40. The van der Waals surface area contributed by atoms with E-state index in [9.17, 15) is 0 Å². The standard InChI is InChI=1S/C8H18N2/c1-3-9-7-8-5-4-6-10(8)2/h8-9H,3-7H2,1-2H3/t8-/m1/s1. The van der Waals surface area contributed by atoms with Gasteiger partial charge >= 0.3 is 0 Å². The second-order valence-corrected chi connectivity index (χ2v) is 3.08. The van der Waals surface area contributed by atoms with Gasteiger partial charge in [-0.3, -0.25) is 0 Å². The van der Waals surface area contributed by atoms with Crippen molar-refractivity contribution in [1.82, 2.24) is 10.2 Å². The molecule has 1 aliphatic rings. The molecule has 0 aromatic carbocycles. The molecule has 1 heterocycles. The summed E-state index contributed by atoms with van der Waals surface area (Å²) in [5, 5.41) is 3.38. The van der Waals surface area contributed by atoms with E-state index in [-0.39, 0.29) is 0 Å². The maximum Gasteiger partial charge on any atom is 0.0218 e. The Morgan fingerprint density at radius 2 is 2.40 bits per heavy atom. The monoisotopic (exact) mass is 142 g/mol. The molecule has 0 aromatic heterocycles. The summed E-state index contributed by atoms with van der Waals surface area (Å²) in [5.41, 5.74) is 0. The summed E-state index contributed by atoms with van der Waals surface area (Å²) in [5.74, 6) is 0. The molecule has 10 heavy (non-hydrogen) atoms. The van der Waals surface area contributed by atoms with Gasteiger partial charge in [-0.25, -0.2) is 0 Å². The maximum absolute atomic E-state index is 3.38. The summed E-state index contributed by atoms with van der Waals surface area (Å²) < 4.78 is 0. The Labute approximate surface area is 63.6 Å². The van der Waals surface area contributed by atoms with Gasteiger partial charge in [0.1, 0.15) is 0 Å². The molecule has 0 spiro atoms. The molecule has 0 radical (unpaired) electrons. The molecule has 1 atom stereocenters. The highest BCUT2D eigenvalue weighted by molar-refractivity contribution is 4.77. The van der Waals surface area contributed by atoms with Crippen molar-refractivity contribution in [2.24, 2.45) is 0 Å². The van der Waals surface area contributed by atoms with Crippen molar-refractivity contribution in [1.29, 1.82) is 0 Å². The van der Waals surface area contributed by atoms with Crippen molar-refractivity contribution in [3.05, 3.63) is 0 Å². The number of likely N-dealkylation sites (N-methyl/N-ethyl adjacent to an activating group) is 2. The van der Waals surface area contributed by atoms with Gasteiger partial charge in [-0.1, -0.05) is 6.92 Å². The van der Waals surface area contributed by atoms with Gasteiger partial charge in [0, 0.05) is 12.6 Å². The number of nitrogens with zero attached hydrogens (tertiary/aromatic N) is 1. The van der Waals surface area contributed by atoms with Crippen LogP contribution in [0.2, 0.25) is 0 Å². The van der Waals surface area contributed by atoms with E-state index >= 15 is 0 Å². The van der Waals surface area contributed by atoms with Gasteiger partial charge in [-0.15, -0.1) is 0 Å². The highest BCUT2D eigenvalue weighted by Gasteiger charge is 2.19. The van der Waals surface area contributed by atoms with Crippen molar-refractivity contribution in [2.75, 3.05) is 26.7 Å². The van der Waals surface area contributed by atoms with Crippen molar-refractivity contribution in [2.45, 2.75) is 25.8 Å². The predicted octanol–water partition coefficient (Wildman–Crippen LogP) is 0.690. The van der Waals surface area contributed by atoms with Gasteiger partial charge in [0.05, 0.1) is 0 Å². The normalized spacial score (nSPS) is 27.6. The first-order valence-corrected chi connectivity index (χ1v) is 4.25. The van der Waals surface area contributed by atoms with Crippen LogP contribution in [0.1, 0.15) is 19.8 Å². The second kappa shape index (κ2) is 3.94. The molecule has 1 saturated heterocycles. The van der Waals surface area contributed by atoms with E-state index in [1.165, 1.54) is 25.9 Å². The molecule has 0 amide bonds. The molecule has 60 valence electrons. The first-order valence-electron chi connectivity index (χ1n) is 4.25. The Kier molecular flexibility index (Phi) is 3.16. The molecule has 2 nitrogen and oxygen atoms in total. The van der Waals surface area contributed by atoms with Crippen molar-refractivity contribution >= 4 is 0 Å². The minimum absolute atomic E-state index is 0.806. The molecule has 1 N–H and O–H groups in total. The van der Waals surface area contributed by atoms with Gasteiger partial charge in [0.2, 0.25) is 0 Å². The van der Waals surface area contributed by atoms with Crippen LogP contribution >= 0.6 is 0 Å². The molecule has 1 fully saturated rings. The summed E-state index contributed by atoms with van der Waals surface area (Å²) in [6, 6.07) is 0.806. The molecule has 0 bridgehead atoms. The third kappa shape index (κ3) is 1.96. The van der Waals surface area contributed by atoms with Crippen molar-refractivity contribution in [3.8, 4) is 0 Å². The maximum atomic E-state index is 3.38. The van der Waals surface area contributed by atoms with E-state index in [1.807, 2.05) is 0 Å². The summed E-state index contributed by atoms with van der Waals surface area (Å²) in [4.78, 5) is 2.45. The Balaban J connectivity index is 2.14. The molecule has 2 heteroatoms. The Morgan fingerprint density at radius 1 is 1.60 bits per heavy atom. The molecule has 0 saturated carbocycles. The molecular weight excluding hydrogens is 124 g/mol. The van der Waals surface area contributed by atoms with Crippen LogP contribution < -0.4 is 5.32 Å². The zero-order valence-corrected chi connectivity index (χ0v) is 7.06. The van der Waals surface area contributed by atoms with Crippen LogP contribution in [0.3, 0.4) is 0 Å². The average molecular weight is 142 g/mol. The number of nitrogens with one attached hydrogen (secondary N) is 1. The fourth-order valence-corrected chi connectivity index (χ4v) is 1.55. The van der Waals surface area contributed by atoms with E-state index < -0.39 is 0 Å². The lowest BCUT2D eigenvalue weighted by Gasteiger charge is -2.18. The van der Waals surface area contributed by atoms with Crippen LogP contribution in [0, 0.1) is 0 Å². The van der Waals surface area contributed by atoms with Gasteiger partial charge < -0.3 is 10.2 Å². The van der Waals surface area contributed by atoms with E-state index in [0.29, 0.717) is 0 Å². The first-order chi connectivity index (χ1) is 4.84. The largest absolute Gasteiger partial charge is 0.315 e. The molecule has 1 rings (SSSR count). The molecule has 1 aliphatic heterocycles. The van der Waals surface area contributed by atoms with Gasteiger partial charge in [0.15, 0.2) is 0 Å². The lowest BCUT2D eigenvalue weighted by Crippen LogP contribution is -2.35. The summed E-state index contributed by atoms with van der Waals surface area (Å²) in [7, 11) is 2.22. The number of likely N-dealkylation sites (tertiary alicyclic amines) is 1. The van der Waals surface area contributed by atoms with Gasteiger partial charge in [0.25, 0.3) is 0 Å². The van der Waals surface area contributed by atoms with Gasteiger partial charge in [-0.2, -0.15) is 0 Å². The van der Waals surface area contributed by atoms with Crippen molar-refractivity contribution < 1.29 is 0 Å². The Bertz CT molecular complexity index is 93.3. The molecule has 0 aliphatic carbocycles. The van der Waals surface area contributed by atoms with Crippen LogP contribution in [0.4, 0.5) is 0 Å². The fraction of sp³-hybridized carbons (Fsp3) is 1.00. The second-order valence-electron chi connectivity index (χ2n) is 3.08. The van der Waals surface area contributed by atoms with E-state index in [0.717, 1.165) is 12.6 Å². The van der Waals surface area contributed by atoms with E-state index in [4.69, 9.17) is 0 Å². The SMILES string of the molecule is CCNC[C@H]1CCCN1C. The van der Waals surface area contributed by atoms with Crippen LogP contribution in [0.25, 0.3) is 0 Å². The van der Waals surface area contributed by atoms with Crippen LogP contribution in [-0.4, -0.2) is 37.6 Å². The Hall–Kier alpha value is -0.0800. The van der Waals surface area contributed by atoms with Crippen LogP contribution in [0.15, 0.2) is 0 Å².